The van der Waals surface area contributed by atoms with E-state index in [1.807, 2.05) is 43.6 Å². The van der Waals surface area contributed by atoms with Crippen LogP contribution >= 0.6 is 0 Å². The van der Waals surface area contributed by atoms with Gasteiger partial charge in [-0.2, -0.15) is 5.10 Å². The van der Waals surface area contributed by atoms with Gasteiger partial charge in [0.15, 0.2) is 17.8 Å². The second kappa shape index (κ2) is 29.6. The van der Waals surface area contributed by atoms with Crippen molar-refractivity contribution in [1.29, 1.82) is 0 Å². The average molecular weight is 1380 g/mol. The van der Waals surface area contributed by atoms with E-state index in [1.165, 1.54) is 42.3 Å². The number of aromatic nitrogens is 8. The molecule has 100 heavy (non-hydrogen) atoms. The molecule has 0 bridgehead atoms. The van der Waals surface area contributed by atoms with Crippen LogP contribution in [-0.4, -0.2) is 193 Å². The van der Waals surface area contributed by atoms with Gasteiger partial charge >= 0.3 is 12.1 Å². The number of carboxylic acids is 1. The van der Waals surface area contributed by atoms with Crippen LogP contribution in [-0.2, 0) is 66.1 Å². The Hall–Kier alpha value is -11.6. The lowest BCUT2D eigenvalue weighted by atomic mass is 9.97. The van der Waals surface area contributed by atoms with Crippen molar-refractivity contribution < 1.29 is 91.7 Å². The van der Waals surface area contributed by atoms with Gasteiger partial charge in [-0.3, -0.25) is 48.5 Å². The third kappa shape index (κ3) is 14.8. The van der Waals surface area contributed by atoms with Crippen LogP contribution in [0.15, 0.2) is 83.4 Å². The third-order valence-corrected chi connectivity index (χ3v) is 16.9. The second-order valence-corrected chi connectivity index (χ2v) is 23.7. The number of hydrogen-bond donors (Lipinski definition) is 9. The molecule has 0 unspecified atom stereocenters. The summed E-state index contributed by atoms with van der Waals surface area (Å²) in [6.07, 6.45) is -2.71. The van der Waals surface area contributed by atoms with Crippen molar-refractivity contribution >= 4 is 98.0 Å². The number of imide groups is 1. The number of hydrogen-bond acceptors (Lipinski definition) is 23. The van der Waals surface area contributed by atoms with Crippen LogP contribution in [0.1, 0.15) is 87.2 Å². The van der Waals surface area contributed by atoms with Crippen LogP contribution < -0.4 is 41.6 Å². The van der Waals surface area contributed by atoms with Crippen molar-refractivity contribution in [3.8, 4) is 28.8 Å². The molecule has 5 aromatic heterocycles. The summed E-state index contributed by atoms with van der Waals surface area (Å²) in [5.74, 6) is -5.00. The van der Waals surface area contributed by atoms with E-state index in [0.717, 1.165) is 22.7 Å². The highest BCUT2D eigenvalue weighted by molar-refractivity contribution is 6.13. The van der Waals surface area contributed by atoms with E-state index >= 15 is 0 Å². The van der Waals surface area contributed by atoms with Crippen molar-refractivity contribution in [2.75, 3.05) is 50.5 Å². The van der Waals surface area contributed by atoms with Crippen LogP contribution in [0, 0.1) is 19.8 Å². The zero-order valence-corrected chi connectivity index (χ0v) is 54.7. The molecule has 11 rings (SSSR count). The van der Waals surface area contributed by atoms with Crippen molar-refractivity contribution in [3.05, 3.63) is 119 Å². The Bertz CT molecular complexity index is 4620. The number of primary amides is 2. The molecule has 2 saturated heterocycles. The number of nitrogens with one attached hydrogen (secondary N) is 3. The SMILES string of the molecule is CCc1nc(C)oc1C(=O)Nc1nc2cc(C(N)=O)cc(OC)c2n1C/C=C/Cn1c2nc(-c3cc(C)nn3CC)ncc2c2cc(C(N)=O)cc(OCCC3CN(C(=O)OCc4ccc(O[C@@H]5O[C@H](C(=O)O)[C@@H](O)[C@H](O)[C@H]5O)c(NC(=O)CCNC(=O)CCN5C(=O)C=CC5=O)c4)C3)c21. The van der Waals surface area contributed by atoms with Crippen molar-refractivity contribution in [2.24, 2.45) is 17.4 Å². The van der Waals surface area contributed by atoms with E-state index in [4.69, 9.17) is 54.5 Å². The van der Waals surface area contributed by atoms with Gasteiger partial charge in [0.1, 0.15) is 59.0 Å². The minimum absolute atomic E-state index is 0.0146. The van der Waals surface area contributed by atoms with E-state index in [-0.39, 0.29) is 111 Å². The van der Waals surface area contributed by atoms with Gasteiger partial charge in [-0.1, -0.05) is 25.1 Å². The number of benzene rings is 3. The fourth-order valence-corrected chi connectivity index (χ4v) is 11.8. The molecular formula is C66H71N15O19. The summed E-state index contributed by atoms with van der Waals surface area (Å²) in [7, 11) is 1.43. The minimum Gasteiger partial charge on any atom is -0.494 e. The Balaban J connectivity index is 0.791. The van der Waals surface area contributed by atoms with E-state index in [9.17, 15) is 63.6 Å². The lowest BCUT2D eigenvalue weighted by molar-refractivity contribution is -0.271. The molecule has 3 aliphatic heterocycles. The van der Waals surface area contributed by atoms with Gasteiger partial charge in [0, 0.05) is 106 Å². The number of likely N-dealkylation sites (tertiary alicyclic amines) is 1. The topological polar surface area (TPSA) is 468 Å². The third-order valence-electron chi connectivity index (χ3n) is 16.9. The summed E-state index contributed by atoms with van der Waals surface area (Å²) in [5, 5.41) is 54.8. The number of aryl methyl sites for hydroxylation is 4. The number of amides is 8. The van der Waals surface area contributed by atoms with E-state index in [2.05, 4.69) is 26.0 Å². The second-order valence-electron chi connectivity index (χ2n) is 23.7. The van der Waals surface area contributed by atoms with Crippen LogP contribution in [0.5, 0.6) is 17.2 Å². The molecule has 524 valence electrons. The maximum atomic E-state index is 13.8. The maximum absolute atomic E-state index is 13.8. The molecule has 34 nitrogen and oxygen atoms in total. The molecule has 3 aromatic carbocycles. The van der Waals surface area contributed by atoms with Crippen molar-refractivity contribution in [1.82, 2.24) is 54.0 Å². The molecule has 0 radical (unpaired) electrons. The largest absolute Gasteiger partial charge is 0.494 e. The molecule has 0 saturated carbocycles. The van der Waals surface area contributed by atoms with Crippen LogP contribution in [0.2, 0.25) is 0 Å². The standard InChI is InChI=1S/C66H71N15O19/c1-6-40-56(98-33(4)71-40)62(91)75-65-73-42-25-37(59(68)90)26-45(95-5)52(42)80(65)19-9-8-18-79-51-38(39-28-70-60(74-61(39)79)43-22-32(3)76-81(43)7-2)24-36(58(67)89)27-46(51)96-21-16-35-29-77(30-35)66(94)97-31-34-10-11-44(99-64-55(88)53(86)54(87)57(100-64)63(92)93)41(23-34)72-48(83)14-17-69-47(82)15-20-78-49(84)12-13-50(78)85/h8-13,22-28,35,53-55,57,64,86-88H,6-7,14-21,29-31H2,1-5H3,(H2,67,89)(H2,68,90)(H,69,82)(H,72,83)(H,92,93)(H,73,75,91)/b9-8+/t53-,54-,55+,57-,64+/m0/s1. The predicted octanol–water partition coefficient (Wildman–Crippen LogP) is 2.77. The van der Waals surface area contributed by atoms with E-state index in [1.54, 1.807) is 34.5 Å². The first-order valence-corrected chi connectivity index (χ1v) is 31.8. The maximum Gasteiger partial charge on any atom is 0.410 e. The number of imidazole rings is 1. The van der Waals surface area contributed by atoms with Crippen molar-refractivity contribution in [3.63, 3.8) is 0 Å². The predicted molar refractivity (Wildman–Crippen MR) is 351 cm³/mol. The smallest absolute Gasteiger partial charge is 0.410 e. The molecule has 8 heterocycles. The number of oxazole rings is 1. The van der Waals surface area contributed by atoms with Gasteiger partial charge in [-0.05, 0) is 80.6 Å². The highest BCUT2D eigenvalue weighted by atomic mass is 16.7. The number of methoxy groups -OCH3 is 1. The Morgan fingerprint density at radius 2 is 1.51 bits per heavy atom. The van der Waals surface area contributed by atoms with Gasteiger partial charge in [-0.25, -0.2) is 29.5 Å². The highest BCUT2D eigenvalue weighted by Crippen LogP contribution is 2.38. The molecule has 0 spiro atoms. The molecule has 5 atom stereocenters. The number of anilines is 2. The van der Waals surface area contributed by atoms with Crippen molar-refractivity contribution in [2.45, 2.75) is 110 Å². The zero-order valence-electron chi connectivity index (χ0n) is 54.7. The Morgan fingerprint density at radius 1 is 0.790 bits per heavy atom. The van der Waals surface area contributed by atoms with Gasteiger partial charge in [0.2, 0.25) is 41.6 Å². The number of rotatable bonds is 28. The highest BCUT2D eigenvalue weighted by Gasteiger charge is 2.48. The molecule has 8 aromatic rings. The number of allylic oxidation sites excluding steroid dienone is 2. The summed E-state index contributed by atoms with van der Waals surface area (Å²) >= 11 is 0. The summed E-state index contributed by atoms with van der Waals surface area (Å²) in [6.45, 7) is 8.00. The monoisotopic (exact) mass is 1380 g/mol. The number of aliphatic hydroxyl groups is 3. The van der Waals surface area contributed by atoms with Crippen LogP contribution in [0.4, 0.5) is 16.4 Å². The molecule has 2 fully saturated rings. The Morgan fingerprint density at radius 3 is 2.21 bits per heavy atom. The quantitative estimate of drug-likeness (QED) is 0.0251. The van der Waals surface area contributed by atoms with E-state index < -0.39 is 84.1 Å². The number of nitrogens with two attached hydrogens (primary N) is 2. The van der Waals surface area contributed by atoms with Gasteiger partial charge in [0.05, 0.1) is 41.8 Å². The lowest BCUT2D eigenvalue weighted by Gasteiger charge is -2.38. The van der Waals surface area contributed by atoms with Gasteiger partial charge < -0.3 is 84.7 Å². The molecular weight excluding hydrogens is 1310 g/mol. The summed E-state index contributed by atoms with van der Waals surface area (Å²) in [5.41, 5.74) is 15.8. The van der Waals surface area contributed by atoms with Gasteiger partial charge in [0.25, 0.3) is 17.7 Å². The fraction of sp³-hybridized carbons (Fsp3) is 0.364. The molecule has 3 aliphatic rings. The number of carbonyl (C=O) groups excluding carboxylic acids is 8. The minimum atomic E-state index is -2.02. The average Bonchev–Trinajstić information content (AvgIpc) is 1.54. The number of carbonyl (C=O) groups is 9. The zero-order chi connectivity index (χ0) is 71.4. The first-order chi connectivity index (χ1) is 47.9. The summed E-state index contributed by atoms with van der Waals surface area (Å²) in [6, 6.07) is 12.2. The number of carboxylic acid groups (broad SMARTS) is 1. The normalized spacial score (nSPS) is 17.7. The summed E-state index contributed by atoms with van der Waals surface area (Å²) in [4.78, 5) is 136. The first kappa shape index (κ1) is 69.7. The fourth-order valence-electron chi connectivity index (χ4n) is 11.8. The molecule has 8 amide bonds. The number of nitrogens with zero attached hydrogens (tertiary/aromatic N) is 10. The Kier molecular flexibility index (Phi) is 20.6. The van der Waals surface area contributed by atoms with Crippen LogP contribution in [0.3, 0.4) is 0 Å². The first-order valence-electron chi connectivity index (χ1n) is 31.8. The van der Waals surface area contributed by atoms with Gasteiger partial charge in [-0.15, -0.1) is 0 Å². The van der Waals surface area contributed by atoms with Crippen LogP contribution in [0.25, 0.3) is 44.5 Å². The lowest BCUT2D eigenvalue weighted by Crippen LogP contribution is -2.61. The molecule has 0 aliphatic carbocycles. The number of aliphatic hydroxyl groups excluding tert-OH is 3. The number of fused-ring (bicyclic) bond motifs is 4. The number of aliphatic carboxylic acids is 1. The van der Waals surface area contributed by atoms with E-state index in [0.29, 0.717) is 86.8 Å². The summed E-state index contributed by atoms with van der Waals surface area (Å²) < 4.78 is 40.2. The molecule has 34 heteroatoms. The Labute approximate surface area is 567 Å². The number of ether oxygens (including phenoxy) is 5. The molecule has 11 N–H and O–H groups in total.